The molecule has 5 nitrogen and oxygen atoms in total. The molecule has 0 aliphatic rings. The molecule has 0 unspecified atom stereocenters. The molecule has 0 bridgehead atoms. The molecular weight excluding hydrogens is 481 g/mol. The number of ether oxygens (including phenoxy) is 1. The summed E-state index contributed by atoms with van der Waals surface area (Å²) in [4.78, 5) is 18.5. The molecule has 33 heavy (non-hydrogen) atoms. The Morgan fingerprint density at radius 3 is 2.64 bits per heavy atom. The lowest BCUT2D eigenvalue weighted by molar-refractivity contribution is 0.0992. The number of thiazole rings is 1. The lowest BCUT2D eigenvalue weighted by Crippen LogP contribution is -2.25. The third-order valence-electron chi connectivity index (χ3n) is 4.88. The van der Waals surface area contributed by atoms with E-state index in [2.05, 4.69) is 10.1 Å². The number of rotatable bonds is 5. The van der Waals surface area contributed by atoms with Crippen LogP contribution in [-0.4, -0.2) is 24.2 Å². The van der Waals surface area contributed by atoms with Gasteiger partial charge in [0, 0.05) is 10.1 Å². The predicted molar refractivity (Wildman–Crippen MR) is 134 cm³/mol. The second-order valence-electron chi connectivity index (χ2n) is 6.98. The summed E-state index contributed by atoms with van der Waals surface area (Å²) >= 11 is 9.04. The van der Waals surface area contributed by atoms with E-state index in [4.69, 9.17) is 16.3 Å². The van der Waals surface area contributed by atoms with Crippen LogP contribution < -0.4 is 9.75 Å². The molecule has 9 heteroatoms. The molecule has 2 heterocycles. The maximum Gasteiger partial charge on any atom is 0.292 e. The molecule has 0 atom stereocenters. The first-order chi connectivity index (χ1) is 16.0. The van der Waals surface area contributed by atoms with Crippen molar-refractivity contribution in [2.45, 2.75) is 0 Å². The number of hydrogen-bond acceptors (Lipinski definition) is 6. The number of aromatic nitrogens is 1. The van der Waals surface area contributed by atoms with Crippen molar-refractivity contribution in [1.29, 1.82) is 0 Å². The van der Waals surface area contributed by atoms with Crippen LogP contribution in [0, 0.1) is 5.82 Å². The van der Waals surface area contributed by atoms with E-state index in [1.54, 1.807) is 31.5 Å². The van der Waals surface area contributed by atoms with Gasteiger partial charge >= 0.3 is 0 Å². The minimum atomic E-state index is -0.412. The summed E-state index contributed by atoms with van der Waals surface area (Å²) in [6, 6.07) is 19.1. The van der Waals surface area contributed by atoms with Crippen molar-refractivity contribution in [1.82, 2.24) is 4.98 Å². The number of nitrogens with zero attached hydrogens (tertiary/aromatic N) is 3. The number of benzene rings is 3. The van der Waals surface area contributed by atoms with Gasteiger partial charge in [0.15, 0.2) is 0 Å². The van der Waals surface area contributed by atoms with Crippen molar-refractivity contribution in [3.63, 3.8) is 0 Å². The molecule has 0 spiro atoms. The number of hydrogen-bond donors (Lipinski definition) is 0. The quantitative estimate of drug-likeness (QED) is 0.195. The number of anilines is 1. The summed E-state index contributed by atoms with van der Waals surface area (Å²) in [6.45, 7) is 0. The van der Waals surface area contributed by atoms with Gasteiger partial charge in [0.05, 0.1) is 28.6 Å². The van der Waals surface area contributed by atoms with E-state index in [0.717, 1.165) is 15.6 Å². The Labute approximate surface area is 201 Å². The Morgan fingerprint density at radius 2 is 1.88 bits per heavy atom. The van der Waals surface area contributed by atoms with Crippen LogP contribution in [0.25, 0.3) is 20.3 Å². The molecule has 0 N–H and O–H groups in total. The van der Waals surface area contributed by atoms with Crippen LogP contribution in [0.2, 0.25) is 5.02 Å². The summed E-state index contributed by atoms with van der Waals surface area (Å²) in [7, 11) is 1.59. The smallest absolute Gasteiger partial charge is 0.292 e. The number of fused-ring (bicyclic) bond motifs is 2. The number of thiophene rings is 1. The molecule has 0 aliphatic carbocycles. The van der Waals surface area contributed by atoms with Gasteiger partial charge in [-0.1, -0.05) is 41.1 Å². The SMILES string of the molecule is COc1ccc(/C=N/N(C(=O)c2sc3ccccc3c2Cl)c2nc3ccc(F)cc3s2)cc1. The van der Waals surface area contributed by atoms with Crippen LogP contribution in [0.3, 0.4) is 0 Å². The van der Waals surface area contributed by atoms with E-state index in [0.29, 0.717) is 31.0 Å². The number of halogens is 2. The largest absolute Gasteiger partial charge is 0.497 e. The van der Waals surface area contributed by atoms with Crippen molar-refractivity contribution in [3.8, 4) is 5.75 Å². The normalized spacial score (nSPS) is 11.5. The van der Waals surface area contributed by atoms with Crippen molar-refractivity contribution < 1.29 is 13.9 Å². The van der Waals surface area contributed by atoms with E-state index in [1.807, 2.05) is 36.4 Å². The Balaban J connectivity index is 1.59. The van der Waals surface area contributed by atoms with Gasteiger partial charge in [0.25, 0.3) is 5.91 Å². The van der Waals surface area contributed by atoms with Gasteiger partial charge in [-0.25, -0.2) is 9.37 Å². The Hall–Kier alpha value is -3.33. The molecule has 0 radical (unpaired) electrons. The van der Waals surface area contributed by atoms with Gasteiger partial charge in [-0.15, -0.1) is 11.3 Å². The molecule has 2 aromatic heterocycles. The monoisotopic (exact) mass is 495 g/mol. The highest BCUT2D eigenvalue weighted by molar-refractivity contribution is 7.23. The second kappa shape index (κ2) is 8.90. The molecule has 5 aromatic rings. The summed E-state index contributed by atoms with van der Waals surface area (Å²) < 4.78 is 20.4. The number of amides is 1. The Kier molecular flexibility index (Phi) is 5.80. The minimum Gasteiger partial charge on any atom is -0.497 e. The zero-order chi connectivity index (χ0) is 22.9. The fraction of sp³-hybridized carbons (Fsp3) is 0.0417. The van der Waals surface area contributed by atoms with Crippen LogP contribution in [0.4, 0.5) is 9.52 Å². The third kappa shape index (κ3) is 4.20. The maximum atomic E-state index is 13.7. The topological polar surface area (TPSA) is 54.8 Å². The molecule has 0 fully saturated rings. The van der Waals surface area contributed by atoms with Crippen LogP contribution in [0.1, 0.15) is 15.2 Å². The van der Waals surface area contributed by atoms with Crippen LogP contribution in [0.15, 0.2) is 71.8 Å². The Bertz CT molecular complexity index is 1510. The van der Waals surface area contributed by atoms with Gasteiger partial charge in [-0.05, 0) is 54.1 Å². The van der Waals surface area contributed by atoms with E-state index in [1.165, 1.54) is 39.8 Å². The maximum absolute atomic E-state index is 13.7. The summed E-state index contributed by atoms with van der Waals surface area (Å²) in [5.41, 5.74) is 1.35. The summed E-state index contributed by atoms with van der Waals surface area (Å²) in [5.74, 6) is -0.0688. The van der Waals surface area contributed by atoms with Gasteiger partial charge in [0.2, 0.25) is 5.13 Å². The lowest BCUT2D eigenvalue weighted by Gasteiger charge is -2.13. The van der Waals surface area contributed by atoms with E-state index in [9.17, 15) is 9.18 Å². The van der Waals surface area contributed by atoms with Crippen LogP contribution in [0.5, 0.6) is 5.75 Å². The minimum absolute atomic E-state index is 0.318. The van der Waals surface area contributed by atoms with Crippen molar-refractivity contribution in [2.24, 2.45) is 5.10 Å². The average Bonchev–Trinajstić information content (AvgIpc) is 3.40. The first-order valence-corrected chi connectivity index (χ1v) is 11.8. The number of carbonyl (C=O) groups excluding carboxylic acids is 1. The molecule has 3 aromatic carbocycles. The highest BCUT2D eigenvalue weighted by Crippen LogP contribution is 2.38. The lowest BCUT2D eigenvalue weighted by atomic mass is 10.2. The third-order valence-corrected chi connectivity index (χ3v) is 7.54. The molecular formula is C24H15ClFN3O2S2. The van der Waals surface area contributed by atoms with Crippen molar-refractivity contribution >= 4 is 71.8 Å². The second-order valence-corrected chi connectivity index (χ2v) is 9.42. The highest BCUT2D eigenvalue weighted by atomic mass is 35.5. The van der Waals surface area contributed by atoms with E-state index in [-0.39, 0.29) is 5.82 Å². The molecule has 1 amide bonds. The first-order valence-electron chi connectivity index (χ1n) is 9.79. The van der Waals surface area contributed by atoms with Gasteiger partial charge < -0.3 is 4.74 Å². The summed E-state index contributed by atoms with van der Waals surface area (Å²) in [6.07, 6.45) is 1.56. The number of methoxy groups -OCH3 is 1. The van der Waals surface area contributed by atoms with E-state index >= 15 is 0 Å². The van der Waals surface area contributed by atoms with E-state index < -0.39 is 5.91 Å². The predicted octanol–water partition coefficient (Wildman–Crippen LogP) is 6.99. The highest BCUT2D eigenvalue weighted by Gasteiger charge is 2.26. The first kappa shape index (κ1) is 21.5. The van der Waals surface area contributed by atoms with Crippen molar-refractivity contribution in [2.75, 3.05) is 12.1 Å². The standard InChI is InChI=1S/C24H15ClFN3O2S2/c1-31-16-9-6-14(7-10-16)13-27-29(24-28-18-11-8-15(26)12-20(18)33-24)23(30)22-21(25)17-4-2-3-5-19(17)32-22/h2-13H,1H3/b27-13+. The van der Waals surface area contributed by atoms with Crippen LogP contribution >= 0.6 is 34.3 Å². The van der Waals surface area contributed by atoms with Gasteiger partial charge in [-0.3, -0.25) is 4.79 Å². The molecule has 164 valence electrons. The average molecular weight is 496 g/mol. The molecule has 0 saturated heterocycles. The zero-order valence-electron chi connectivity index (χ0n) is 17.2. The zero-order valence-corrected chi connectivity index (χ0v) is 19.5. The molecule has 0 aliphatic heterocycles. The summed E-state index contributed by atoms with van der Waals surface area (Å²) in [5, 5.41) is 7.15. The van der Waals surface area contributed by atoms with Crippen LogP contribution in [-0.2, 0) is 0 Å². The van der Waals surface area contributed by atoms with Gasteiger partial charge in [-0.2, -0.15) is 10.1 Å². The molecule has 0 saturated carbocycles. The fourth-order valence-electron chi connectivity index (χ4n) is 3.23. The fourth-order valence-corrected chi connectivity index (χ4v) is 5.61. The Morgan fingerprint density at radius 1 is 1.09 bits per heavy atom. The molecule has 5 rings (SSSR count). The van der Waals surface area contributed by atoms with Crippen molar-refractivity contribution in [3.05, 3.63) is 88.0 Å². The van der Waals surface area contributed by atoms with Gasteiger partial charge in [0.1, 0.15) is 16.4 Å². The number of carbonyl (C=O) groups is 1. The number of hydrazone groups is 1.